The highest BCUT2D eigenvalue weighted by Gasteiger charge is 2.27. The lowest BCUT2D eigenvalue weighted by molar-refractivity contribution is -0.134. The van der Waals surface area contributed by atoms with Crippen molar-refractivity contribution in [3.63, 3.8) is 0 Å². The third-order valence-corrected chi connectivity index (χ3v) is 2.15. The fourth-order valence-corrected chi connectivity index (χ4v) is 1.42. The Hall–Kier alpha value is -1.55. The molecule has 0 radical (unpaired) electrons. The lowest BCUT2D eigenvalue weighted by Gasteiger charge is -2.15. The molecule has 4 nitrogen and oxygen atoms in total. The van der Waals surface area contributed by atoms with Gasteiger partial charge < -0.3 is 0 Å². The zero-order valence-electron chi connectivity index (χ0n) is 7.16. The third-order valence-electron chi connectivity index (χ3n) is 1.91. The molecule has 72 valence electrons. The summed E-state index contributed by atoms with van der Waals surface area (Å²) in [6.45, 7) is 0.0547. The third kappa shape index (κ3) is 1.56. The molecule has 1 N–H and O–H groups in total. The van der Waals surface area contributed by atoms with E-state index in [2.05, 4.69) is 5.43 Å². The Bertz CT molecular complexity index is 390. The van der Waals surface area contributed by atoms with Crippen molar-refractivity contribution in [1.29, 1.82) is 0 Å². The summed E-state index contributed by atoms with van der Waals surface area (Å²) >= 11 is 5.77. The smallest absolute Gasteiger partial charge is 0.287 e. The molecule has 2 rings (SSSR count). The van der Waals surface area contributed by atoms with E-state index in [0.717, 1.165) is 0 Å². The average Bonchev–Trinajstić information content (AvgIpc) is 2.47. The highest BCUT2D eigenvalue weighted by Crippen LogP contribution is 2.19. The predicted molar refractivity (Wildman–Crippen MR) is 51.9 cm³/mol. The summed E-state index contributed by atoms with van der Waals surface area (Å²) in [4.78, 5) is 21.9. The van der Waals surface area contributed by atoms with Crippen LogP contribution in [0, 0.1) is 0 Å². The number of rotatable bonds is 1. The summed E-state index contributed by atoms with van der Waals surface area (Å²) in [6, 6.07) is 6.93. The van der Waals surface area contributed by atoms with Crippen LogP contribution < -0.4 is 10.4 Å². The van der Waals surface area contributed by atoms with Crippen molar-refractivity contribution in [2.45, 2.75) is 0 Å². The second-order valence-electron chi connectivity index (χ2n) is 2.93. The Kier molecular flexibility index (Phi) is 2.13. The Morgan fingerprint density at radius 1 is 1.36 bits per heavy atom. The van der Waals surface area contributed by atoms with Gasteiger partial charge in [0.05, 0.1) is 5.69 Å². The molecule has 5 heteroatoms. The van der Waals surface area contributed by atoms with Gasteiger partial charge in [-0.3, -0.25) is 20.0 Å². The maximum atomic E-state index is 11.0. The molecule has 0 aliphatic carbocycles. The molecular formula is C9H7ClN2O2. The van der Waals surface area contributed by atoms with Gasteiger partial charge in [0.15, 0.2) is 0 Å². The lowest BCUT2D eigenvalue weighted by atomic mass is 10.3. The van der Waals surface area contributed by atoms with Crippen LogP contribution in [-0.2, 0) is 9.59 Å². The number of hydrazine groups is 1. The first kappa shape index (κ1) is 9.02. The van der Waals surface area contributed by atoms with E-state index in [9.17, 15) is 9.59 Å². The Labute approximate surface area is 85.4 Å². The average molecular weight is 211 g/mol. The fraction of sp³-hybridized carbons (Fsp3) is 0.111. The van der Waals surface area contributed by atoms with E-state index in [4.69, 9.17) is 11.6 Å². The normalized spacial score (nSPS) is 15.9. The van der Waals surface area contributed by atoms with Crippen LogP contribution in [0.25, 0.3) is 0 Å². The van der Waals surface area contributed by atoms with Crippen molar-refractivity contribution in [2.75, 3.05) is 11.6 Å². The summed E-state index contributed by atoms with van der Waals surface area (Å²) in [5.41, 5.74) is 3.14. The van der Waals surface area contributed by atoms with Crippen LogP contribution >= 0.6 is 11.6 Å². The van der Waals surface area contributed by atoms with E-state index in [1.54, 1.807) is 24.3 Å². The minimum atomic E-state index is -0.579. The number of amides is 1. The number of benzene rings is 1. The molecule has 1 saturated heterocycles. The van der Waals surface area contributed by atoms with Gasteiger partial charge in [0.25, 0.3) is 0 Å². The van der Waals surface area contributed by atoms with E-state index in [1.165, 1.54) is 5.01 Å². The van der Waals surface area contributed by atoms with Crippen LogP contribution in [0.1, 0.15) is 0 Å². The van der Waals surface area contributed by atoms with Gasteiger partial charge in [0.1, 0.15) is 6.54 Å². The number of nitrogens with one attached hydrogen (secondary N) is 1. The maximum absolute atomic E-state index is 11.0. The van der Waals surface area contributed by atoms with Crippen molar-refractivity contribution in [1.82, 2.24) is 5.43 Å². The van der Waals surface area contributed by atoms with Crippen LogP contribution in [0.3, 0.4) is 0 Å². The maximum Gasteiger partial charge on any atom is 0.307 e. The second-order valence-corrected chi connectivity index (χ2v) is 3.37. The lowest BCUT2D eigenvalue weighted by Crippen LogP contribution is -2.32. The van der Waals surface area contributed by atoms with Crippen molar-refractivity contribution >= 4 is 29.0 Å². The number of hydrogen-bond donors (Lipinski definition) is 1. The summed E-state index contributed by atoms with van der Waals surface area (Å²) in [5.74, 6) is -1.02. The van der Waals surface area contributed by atoms with Crippen molar-refractivity contribution in [2.24, 2.45) is 0 Å². The van der Waals surface area contributed by atoms with E-state index in [0.29, 0.717) is 10.7 Å². The first-order chi connectivity index (χ1) is 6.66. The Morgan fingerprint density at radius 3 is 2.71 bits per heavy atom. The molecule has 1 fully saturated rings. The molecule has 0 spiro atoms. The quantitative estimate of drug-likeness (QED) is 0.697. The molecule has 1 heterocycles. The van der Waals surface area contributed by atoms with Gasteiger partial charge in [-0.05, 0) is 18.2 Å². The van der Waals surface area contributed by atoms with Crippen molar-refractivity contribution in [3.8, 4) is 0 Å². The molecular weight excluding hydrogens is 204 g/mol. The number of carbonyl (C=O) groups excluding carboxylic acids is 2. The van der Waals surface area contributed by atoms with Gasteiger partial charge in [-0.1, -0.05) is 17.7 Å². The van der Waals surface area contributed by atoms with Gasteiger partial charge >= 0.3 is 5.91 Å². The molecule has 0 unspecified atom stereocenters. The van der Waals surface area contributed by atoms with Crippen LogP contribution in [-0.4, -0.2) is 18.2 Å². The van der Waals surface area contributed by atoms with Gasteiger partial charge in [-0.25, -0.2) is 0 Å². The van der Waals surface area contributed by atoms with Crippen LogP contribution in [0.4, 0.5) is 5.69 Å². The number of anilines is 1. The minimum absolute atomic E-state index is 0.0547. The molecule has 0 saturated carbocycles. The second kappa shape index (κ2) is 3.31. The number of nitrogens with zero attached hydrogens (tertiary/aromatic N) is 1. The van der Waals surface area contributed by atoms with Crippen molar-refractivity contribution in [3.05, 3.63) is 29.3 Å². The summed E-state index contributed by atoms with van der Waals surface area (Å²) < 4.78 is 0. The van der Waals surface area contributed by atoms with Gasteiger partial charge in [0, 0.05) is 5.02 Å². The van der Waals surface area contributed by atoms with E-state index in [-0.39, 0.29) is 6.54 Å². The van der Waals surface area contributed by atoms with E-state index < -0.39 is 11.7 Å². The molecule has 1 aliphatic heterocycles. The summed E-state index contributed by atoms with van der Waals surface area (Å²) in [5, 5.41) is 2.03. The topological polar surface area (TPSA) is 49.4 Å². The number of ketones is 1. The molecule has 0 aromatic heterocycles. The SMILES string of the molecule is O=C1CN(c2cccc(Cl)c2)NC1=O. The van der Waals surface area contributed by atoms with Gasteiger partial charge in [-0.2, -0.15) is 0 Å². The first-order valence-electron chi connectivity index (χ1n) is 4.04. The fourth-order valence-electron chi connectivity index (χ4n) is 1.24. The monoisotopic (exact) mass is 210 g/mol. The van der Waals surface area contributed by atoms with Crippen LogP contribution in [0.2, 0.25) is 5.02 Å². The zero-order chi connectivity index (χ0) is 10.1. The van der Waals surface area contributed by atoms with Crippen molar-refractivity contribution < 1.29 is 9.59 Å². The zero-order valence-corrected chi connectivity index (χ0v) is 7.91. The van der Waals surface area contributed by atoms with Crippen LogP contribution in [0.15, 0.2) is 24.3 Å². The van der Waals surface area contributed by atoms with Gasteiger partial charge in [-0.15, -0.1) is 0 Å². The number of carbonyl (C=O) groups is 2. The van der Waals surface area contributed by atoms with Gasteiger partial charge in [0.2, 0.25) is 5.78 Å². The van der Waals surface area contributed by atoms with Crippen LogP contribution in [0.5, 0.6) is 0 Å². The number of halogens is 1. The first-order valence-corrected chi connectivity index (χ1v) is 4.41. The summed E-state index contributed by atoms with van der Waals surface area (Å²) in [7, 11) is 0. The predicted octanol–water partition coefficient (Wildman–Crippen LogP) is 0.760. The molecule has 1 amide bonds. The molecule has 0 bridgehead atoms. The Balaban J connectivity index is 2.25. The standard InChI is InChI=1S/C9H7ClN2O2/c10-6-2-1-3-7(4-6)12-5-8(13)9(14)11-12/h1-4H,5H2,(H,11,14). The minimum Gasteiger partial charge on any atom is -0.287 e. The summed E-state index contributed by atoms with van der Waals surface area (Å²) in [6.07, 6.45) is 0. The van der Waals surface area contributed by atoms with E-state index in [1.807, 2.05) is 0 Å². The molecule has 1 aromatic carbocycles. The largest absolute Gasteiger partial charge is 0.307 e. The highest BCUT2D eigenvalue weighted by molar-refractivity contribution is 6.40. The highest BCUT2D eigenvalue weighted by atomic mass is 35.5. The Morgan fingerprint density at radius 2 is 2.14 bits per heavy atom. The van der Waals surface area contributed by atoms with E-state index >= 15 is 0 Å². The molecule has 1 aromatic rings. The number of Topliss-reactive ketones (excluding diaryl/α,β-unsaturated/α-hetero) is 1. The molecule has 1 aliphatic rings. The number of hydrogen-bond acceptors (Lipinski definition) is 3. The molecule has 0 atom stereocenters. The molecule has 14 heavy (non-hydrogen) atoms.